The number of amides is 2. The van der Waals surface area contributed by atoms with Gasteiger partial charge in [-0.05, 0) is 44.2 Å². The van der Waals surface area contributed by atoms with Crippen LogP contribution in [0.5, 0.6) is 0 Å². The molecule has 0 spiro atoms. The summed E-state index contributed by atoms with van der Waals surface area (Å²) in [6.45, 7) is 0.351. The van der Waals surface area contributed by atoms with Crippen LogP contribution in [0.4, 0.5) is 14.5 Å². The zero-order chi connectivity index (χ0) is 15.9. The van der Waals surface area contributed by atoms with E-state index in [1.807, 2.05) is 0 Å². The lowest BCUT2D eigenvalue weighted by molar-refractivity contribution is -0.136. The fourth-order valence-corrected chi connectivity index (χ4v) is 2.32. The molecule has 4 nitrogen and oxygen atoms in total. The van der Waals surface area contributed by atoms with Crippen LogP contribution in [0.3, 0.4) is 0 Å². The Morgan fingerprint density at radius 3 is 2.68 bits per heavy atom. The molecule has 0 aliphatic heterocycles. The molecule has 1 aliphatic rings. The Morgan fingerprint density at radius 1 is 1.14 bits per heavy atom. The van der Waals surface area contributed by atoms with Gasteiger partial charge in [0, 0.05) is 12.6 Å². The van der Waals surface area contributed by atoms with Crippen molar-refractivity contribution in [1.29, 1.82) is 0 Å². The maximum absolute atomic E-state index is 13.4. The SMILES string of the molecule is O=C(NCCC1=CCCCC1)C(=O)Nc1cc(F)ccc1F. The maximum atomic E-state index is 13.4. The summed E-state index contributed by atoms with van der Waals surface area (Å²) in [6, 6.07) is 2.65. The van der Waals surface area contributed by atoms with Crippen LogP contribution in [0.2, 0.25) is 0 Å². The quantitative estimate of drug-likeness (QED) is 0.664. The van der Waals surface area contributed by atoms with E-state index in [1.54, 1.807) is 0 Å². The average molecular weight is 308 g/mol. The minimum absolute atomic E-state index is 0.351. The summed E-state index contributed by atoms with van der Waals surface area (Å²) in [5, 5.41) is 4.53. The number of benzene rings is 1. The molecule has 22 heavy (non-hydrogen) atoms. The Kier molecular flexibility index (Phi) is 5.63. The Labute approximate surface area is 127 Å². The van der Waals surface area contributed by atoms with Crippen LogP contribution in [0, 0.1) is 11.6 Å². The molecular weight excluding hydrogens is 290 g/mol. The Hall–Kier alpha value is -2.24. The van der Waals surface area contributed by atoms with E-state index in [2.05, 4.69) is 16.7 Å². The van der Waals surface area contributed by atoms with Crippen molar-refractivity contribution in [3.63, 3.8) is 0 Å². The van der Waals surface area contributed by atoms with Crippen molar-refractivity contribution >= 4 is 17.5 Å². The fourth-order valence-electron chi connectivity index (χ4n) is 2.32. The van der Waals surface area contributed by atoms with Crippen LogP contribution in [0.15, 0.2) is 29.8 Å². The van der Waals surface area contributed by atoms with Crippen LogP contribution >= 0.6 is 0 Å². The van der Waals surface area contributed by atoms with Gasteiger partial charge in [-0.3, -0.25) is 9.59 Å². The van der Waals surface area contributed by atoms with Gasteiger partial charge >= 0.3 is 11.8 Å². The number of anilines is 1. The first kappa shape index (κ1) is 16.1. The van der Waals surface area contributed by atoms with E-state index in [1.165, 1.54) is 12.0 Å². The van der Waals surface area contributed by atoms with Crippen molar-refractivity contribution in [2.24, 2.45) is 0 Å². The van der Waals surface area contributed by atoms with E-state index in [-0.39, 0.29) is 5.69 Å². The number of rotatable bonds is 4. The largest absolute Gasteiger partial charge is 0.348 e. The van der Waals surface area contributed by atoms with Crippen molar-refractivity contribution in [1.82, 2.24) is 5.32 Å². The van der Waals surface area contributed by atoms with Gasteiger partial charge in [0.05, 0.1) is 5.69 Å². The Morgan fingerprint density at radius 2 is 1.95 bits per heavy atom. The molecule has 0 radical (unpaired) electrons. The molecule has 6 heteroatoms. The van der Waals surface area contributed by atoms with Gasteiger partial charge < -0.3 is 10.6 Å². The first-order valence-electron chi connectivity index (χ1n) is 7.28. The van der Waals surface area contributed by atoms with Gasteiger partial charge in [-0.2, -0.15) is 0 Å². The van der Waals surface area contributed by atoms with Crippen molar-refractivity contribution in [3.8, 4) is 0 Å². The normalized spacial score (nSPS) is 14.2. The van der Waals surface area contributed by atoms with Crippen LogP contribution in [-0.2, 0) is 9.59 Å². The lowest BCUT2D eigenvalue weighted by Crippen LogP contribution is -2.36. The van der Waals surface area contributed by atoms with Gasteiger partial charge in [-0.15, -0.1) is 0 Å². The number of carbonyl (C=O) groups is 2. The predicted octanol–water partition coefficient (Wildman–Crippen LogP) is 2.91. The number of nitrogens with one attached hydrogen (secondary N) is 2. The predicted molar refractivity (Wildman–Crippen MR) is 79.2 cm³/mol. The summed E-state index contributed by atoms with van der Waals surface area (Å²) in [5.41, 5.74) is 0.929. The van der Waals surface area contributed by atoms with E-state index >= 15 is 0 Å². The highest BCUT2D eigenvalue weighted by atomic mass is 19.1. The molecule has 118 valence electrons. The minimum atomic E-state index is -1.01. The van der Waals surface area contributed by atoms with E-state index in [9.17, 15) is 18.4 Å². The molecule has 2 N–H and O–H groups in total. The van der Waals surface area contributed by atoms with E-state index < -0.39 is 23.4 Å². The molecule has 1 aliphatic carbocycles. The third-order valence-electron chi connectivity index (χ3n) is 3.50. The van der Waals surface area contributed by atoms with Crippen LogP contribution in [-0.4, -0.2) is 18.4 Å². The molecule has 2 rings (SSSR count). The maximum Gasteiger partial charge on any atom is 0.313 e. The molecular formula is C16H18F2N2O2. The standard InChI is InChI=1S/C16H18F2N2O2/c17-12-6-7-13(18)14(10-12)20-16(22)15(21)19-9-8-11-4-2-1-3-5-11/h4,6-7,10H,1-3,5,8-9H2,(H,19,21)(H,20,22). The van der Waals surface area contributed by atoms with Crippen molar-refractivity contribution < 1.29 is 18.4 Å². The summed E-state index contributed by atoms with van der Waals surface area (Å²) in [4.78, 5) is 23.3. The number of allylic oxidation sites excluding steroid dienone is 1. The fraction of sp³-hybridized carbons (Fsp3) is 0.375. The minimum Gasteiger partial charge on any atom is -0.348 e. The second-order valence-corrected chi connectivity index (χ2v) is 5.19. The number of carbonyl (C=O) groups excluding carboxylic acids is 2. The molecule has 1 aromatic carbocycles. The van der Waals surface area contributed by atoms with Gasteiger partial charge in [-0.25, -0.2) is 8.78 Å². The number of hydrogen-bond donors (Lipinski definition) is 2. The summed E-state index contributed by atoms with van der Waals surface area (Å²) in [6.07, 6.45) is 7.29. The first-order chi connectivity index (χ1) is 10.6. The molecule has 1 aromatic rings. The van der Waals surface area contributed by atoms with Gasteiger partial charge in [0.1, 0.15) is 11.6 Å². The summed E-state index contributed by atoms with van der Waals surface area (Å²) in [7, 11) is 0. The molecule has 0 atom stereocenters. The molecule has 0 bridgehead atoms. The molecule has 0 aromatic heterocycles. The van der Waals surface area contributed by atoms with E-state index in [0.717, 1.165) is 37.5 Å². The van der Waals surface area contributed by atoms with Crippen molar-refractivity contribution in [2.45, 2.75) is 32.1 Å². The van der Waals surface area contributed by atoms with E-state index in [0.29, 0.717) is 13.0 Å². The zero-order valence-corrected chi connectivity index (χ0v) is 12.1. The summed E-state index contributed by atoms with van der Waals surface area (Å²) in [5.74, 6) is -3.36. The van der Waals surface area contributed by atoms with Crippen LogP contribution < -0.4 is 10.6 Å². The third-order valence-corrected chi connectivity index (χ3v) is 3.50. The third kappa shape index (κ3) is 4.65. The molecule has 0 fully saturated rings. The first-order valence-corrected chi connectivity index (χ1v) is 7.28. The summed E-state index contributed by atoms with van der Waals surface area (Å²) >= 11 is 0. The smallest absolute Gasteiger partial charge is 0.313 e. The second kappa shape index (κ2) is 7.68. The average Bonchev–Trinajstić information content (AvgIpc) is 2.52. The monoisotopic (exact) mass is 308 g/mol. The lowest BCUT2D eigenvalue weighted by Gasteiger charge is -2.13. The molecule has 0 unspecified atom stereocenters. The Bertz CT molecular complexity index is 600. The number of hydrogen-bond acceptors (Lipinski definition) is 2. The highest BCUT2D eigenvalue weighted by Crippen LogP contribution is 2.19. The van der Waals surface area contributed by atoms with Crippen LogP contribution in [0.25, 0.3) is 0 Å². The van der Waals surface area contributed by atoms with Gasteiger partial charge in [-0.1, -0.05) is 11.6 Å². The molecule has 2 amide bonds. The topological polar surface area (TPSA) is 58.2 Å². The molecule has 0 saturated heterocycles. The second-order valence-electron chi connectivity index (χ2n) is 5.19. The van der Waals surface area contributed by atoms with Crippen LogP contribution in [0.1, 0.15) is 32.1 Å². The Balaban J connectivity index is 1.80. The zero-order valence-electron chi connectivity index (χ0n) is 12.1. The van der Waals surface area contributed by atoms with Gasteiger partial charge in [0.15, 0.2) is 0 Å². The van der Waals surface area contributed by atoms with Gasteiger partial charge in [0.25, 0.3) is 0 Å². The highest BCUT2D eigenvalue weighted by Gasteiger charge is 2.16. The molecule has 0 saturated carbocycles. The highest BCUT2D eigenvalue weighted by molar-refractivity contribution is 6.39. The molecule has 0 heterocycles. The van der Waals surface area contributed by atoms with Crippen molar-refractivity contribution in [2.75, 3.05) is 11.9 Å². The summed E-state index contributed by atoms with van der Waals surface area (Å²) < 4.78 is 26.4. The van der Waals surface area contributed by atoms with E-state index in [4.69, 9.17) is 0 Å². The van der Waals surface area contributed by atoms with Crippen molar-refractivity contribution in [3.05, 3.63) is 41.5 Å². The lowest BCUT2D eigenvalue weighted by atomic mass is 9.97. The number of halogens is 2. The van der Waals surface area contributed by atoms with Gasteiger partial charge in [0.2, 0.25) is 0 Å².